The molecule has 114 valence electrons. The van der Waals surface area contributed by atoms with Gasteiger partial charge in [0.15, 0.2) is 0 Å². The van der Waals surface area contributed by atoms with Gasteiger partial charge in [0, 0.05) is 5.56 Å². The highest BCUT2D eigenvalue weighted by Gasteiger charge is 2.30. The van der Waals surface area contributed by atoms with E-state index in [9.17, 15) is 22.8 Å². The van der Waals surface area contributed by atoms with Crippen molar-refractivity contribution in [3.05, 3.63) is 47.5 Å². The average Bonchev–Trinajstić information content (AvgIpc) is 2.36. The van der Waals surface area contributed by atoms with Crippen LogP contribution in [0.4, 0.5) is 13.2 Å². The van der Waals surface area contributed by atoms with Gasteiger partial charge in [-0.1, -0.05) is 5.57 Å². The van der Waals surface area contributed by atoms with Crippen LogP contribution in [0, 0.1) is 0 Å². The third-order valence-electron chi connectivity index (χ3n) is 2.68. The quantitative estimate of drug-likeness (QED) is 0.819. The summed E-state index contributed by atoms with van der Waals surface area (Å²) in [5.41, 5.74) is 4.95. The molecule has 21 heavy (non-hydrogen) atoms. The fourth-order valence-corrected chi connectivity index (χ4v) is 1.62. The molecule has 4 nitrogen and oxygen atoms in total. The van der Waals surface area contributed by atoms with E-state index in [2.05, 4.69) is 11.9 Å². The van der Waals surface area contributed by atoms with Gasteiger partial charge < -0.3 is 11.1 Å². The molecule has 3 N–H and O–H groups in total. The molecule has 0 radical (unpaired) electrons. The number of benzene rings is 1. The van der Waals surface area contributed by atoms with E-state index in [4.69, 9.17) is 5.73 Å². The molecule has 1 atom stereocenters. The van der Waals surface area contributed by atoms with E-state index in [0.717, 1.165) is 24.3 Å². The van der Waals surface area contributed by atoms with Crippen molar-refractivity contribution < 1.29 is 22.8 Å². The van der Waals surface area contributed by atoms with Crippen LogP contribution in [0.2, 0.25) is 0 Å². The summed E-state index contributed by atoms with van der Waals surface area (Å²) >= 11 is 0. The third-order valence-corrected chi connectivity index (χ3v) is 2.68. The Morgan fingerprint density at radius 1 is 1.29 bits per heavy atom. The summed E-state index contributed by atoms with van der Waals surface area (Å²) in [5, 5.41) is 2.37. The number of primary amides is 1. The first-order chi connectivity index (χ1) is 9.61. The molecule has 0 saturated heterocycles. The molecule has 7 heteroatoms. The zero-order valence-corrected chi connectivity index (χ0v) is 11.3. The first-order valence-electron chi connectivity index (χ1n) is 6.03. The predicted octanol–water partition coefficient (Wildman–Crippen LogP) is 2.26. The Kier molecular flexibility index (Phi) is 5.12. The molecule has 0 unspecified atom stereocenters. The SMILES string of the molecule is C=C(C)C[C@H](NC(=O)c1ccc(C(F)(F)F)cc1)C(N)=O. The number of hydrogen-bond donors (Lipinski definition) is 2. The maximum absolute atomic E-state index is 12.4. The number of hydrogen-bond acceptors (Lipinski definition) is 2. The largest absolute Gasteiger partial charge is 0.416 e. The van der Waals surface area contributed by atoms with Crippen LogP contribution >= 0.6 is 0 Å². The molecule has 1 rings (SSSR count). The summed E-state index contributed by atoms with van der Waals surface area (Å²) < 4.78 is 37.2. The van der Waals surface area contributed by atoms with Crippen molar-refractivity contribution >= 4 is 11.8 Å². The molecule has 2 amide bonds. The lowest BCUT2D eigenvalue weighted by molar-refractivity contribution is -0.137. The summed E-state index contributed by atoms with van der Waals surface area (Å²) in [6.07, 6.45) is -4.30. The molecule has 0 bridgehead atoms. The molecule has 0 aliphatic carbocycles. The number of nitrogens with one attached hydrogen (secondary N) is 1. The minimum atomic E-state index is -4.47. The Labute approximate surface area is 119 Å². The van der Waals surface area contributed by atoms with Gasteiger partial charge in [0.25, 0.3) is 5.91 Å². The summed E-state index contributed by atoms with van der Waals surface area (Å²) in [5.74, 6) is -1.41. The molecule has 0 saturated carbocycles. The highest BCUT2D eigenvalue weighted by atomic mass is 19.4. The first kappa shape index (κ1) is 16.7. The van der Waals surface area contributed by atoms with E-state index in [1.54, 1.807) is 6.92 Å². The van der Waals surface area contributed by atoms with E-state index in [1.165, 1.54) is 0 Å². The number of carbonyl (C=O) groups is 2. The Morgan fingerprint density at radius 3 is 2.19 bits per heavy atom. The summed E-state index contributed by atoms with van der Waals surface area (Å²) in [7, 11) is 0. The van der Waals surface area contributed by atoms with E-state index in [1.807, 2.05) is 0 Å². The minimum absolute atomic E-state index is 0.0102. The monoisotopic (exact) mass is 300 g/mol. The van der Waals surface area contributed by atoms with Crippen LogP contribution in [0.1, 0.15) is 29.3 Å². The smallest absolute Gasteiger partial charge is 0.368 e. The first-order valence-corrected chi connectivity index (χ1v) is 6.03. The topological polar surface area (TPSA) is 72.2 Å². The molecular weight excluding hydrogens is 285 g/mol. The predicted molar refractivity (Wildman–Crippen MR) is 71.3 cm³/mol. The highest BCUT2D eigenvalue weighted by molar-refractivity contribution is 5.97. The number of alkyl halides is 3. The summed E-state index contributed by atoms with van der Waals surface area (Å²) in [6, 6.07) is 2.73. The van der Waals surface area contributed by atoms with Crippen LogP contribution in [0.15, 0.2) is 36.4 Å². The molecule has 0 aliphatic rings. The van der Waals surface area contributed by atoms with E-state index in [-0.39, 0.29) is 12.0 Å². The van der Waals surface area contributed by atoms with Crippen LogP contribution < -0.4 is 11.1 Å². The van der Waals surface area contributed by atoms with Gasteiger partial charge in [-0.2, -0.15) is 13.2 Å². The molecule has 0 fully saturated rings. The van der Waals surface area contributed by atoms with Crippen molar-refractivity contribution in [1.82, 2.24) is 5.32 Å². The standard InChI is InChI=1S/C14H15F3N2O2/c1-8(2)7-11(12(18)20)19-13(21)9-3-5-10(6-4-9)14(15,16)17/h3-6,11H,1,7H2,2H3,(H2,18,20)(H,19,21)/t11-/m0/s1. The lowest BCUT2D eigenvalue weighted by Crippen LogP contribution is -2.44. The number of halogens is 3. The second kappa shape index (κ2) is 6.43. The van der Waals surface area contributed by atoms with Gasteiger partial charge in [-0.25, -0.2) is 0 Å². The molecule has 0 aliphatic heterocycles. The molecule has 0 aromatic heterocycles. The summed E-state index contributed by atoms with van der Waals surface area (Å²) in [6.45, 7) is 5.28. The minimum Gasteiger partial charge on any atom is -0.368 e. The molecule has 0 heterocycles. The molecule has 1 aromatic carbocycles. The Bertz CT molecular complexity index is 550. The lowest BCUT2D eigenvalue weighted by atomic mass is 10.1. The lowest BCUT2D eigenvalue weighted by Gasteiger charge is -2.15. The average molecular weight is 300 g/mol. The Balaban J connectivity index is 2.83. The molecule has 1 aromatic rings. The zero-order chi connectivity index (χ0) is 16.2. The van der Waals surface area contributed by atoms with E-state index >= 15 is 0 Å². The van der Waals surface area contributed by atoms with Gasteiger partial charge in [-0.05, 0) is 37.6 Å². The Hall–Kier alpha value is -2.31. The number of amides is 2. The van der Waals surface area contributed by atoms with E-state index < -0.39 is 29.6 Å². The van der Waals surface area contributed by atoms with Crippen molar-refractivity contribution in [3.8, 4) is 0 Å². The third kappa shape index (κ3) is 4.94. The van der Waals surface area contributed by atoms with Crippen molar-refractivity contribution in [2.45, 2.75) is 25.6 Å². The van der Waals surface area contributed by atoms with Crippen molar-refractivity contribution in [2.24, 2.45) is 5.73 Å². The maximum atomic E-state index is 12.4. The van der Waals surface area contributed by atoms with Crippen molar-refractivity contribution in [1.29, 1.82) is 0 Å². The van der Waals surface area contributed by atoms with Crippen molar-refractivity contribution in [2.75, 3.05) is 0 Å². The normalized spacial score (nSPS) is 12.6. The second-order valence-electron chi connectivity index (χ2n) is 4.66. The van der Waals surface area contributed by atoms with Gasteiger partial charge in [-0.15, -0.1) is 6.58 Å². The number of carbonyl (C=O) groups excluding carboxylic acids is 2. The highest BCUT2D eigenvalue weighted by Crippen LogP contribution is 2.29. The van der Waals surface area contributed by atoms with E-state index in [0.29, 0.717) is 5.57 Å². The van der Waals surface area contributed by atoms with Gasteiger partial charge in [-0.3, -0.25) is 9.59 Å². The second-order valence-corrected chi connectivity index (χ2v) is 4.66. The van der Waals surface area contributed by atoms with Crippen LogP contribution in [-0.4, -0.2) is 17.9 Å². The van der Waals surface area contributed by atoms with Gasteiger partial charge in [0.1, 0.15) is 6.04 Å². The Morgan fingerprint density at radius 2 is 1.81 bits per heavy atom. The fraction of sp³-hybridized carbons (Fsp3) is 0.286. The number of rotatable bonds is 5. The van der Waals surface area contributed by atoms with Crippen molar-refractivity contribution in [3.63, 3.8) is 0 Å². The summed E-state index contributed by atoms with van der Waals surface area (Å²) in [4.78, 5) is 23.1. The fourth-order valence-electron chi connectivity index (χ4n) is 1.62. The molecular formula is C14H15F3N2O2. The zero-order valence-electron chi connectivity index (χ0n) is 11.3. The number of nitrogens with two attached hydrogens (primary N) is 1. The van der Waals surface area contributed by atoms with Crippen LogP contribution in [-0.2, 0) is 11.0 Å². The van der Waals surface area contributed by atoms with Crippen LogP contribution in [0.3, 0.4) is 0 Å². The van der Waals surface area contributed by atoms with Crippen LogP contribution in [0.25, 0.3) is 0 Å². The van der Waals surface area contributed by atoms with Gasteiger partial charge in [0.05, 0.1) is 5.56 Å². The van der Waals surface area contributed by atoms with Gasteiger partial charge >= 0.3 is 6.18 Å². The maximum Gasteiger partial charge on any atom is 0.416 e. The molecule has 0 spiro atoms. The van der Waals surface area contributed by atoms with Gasteiger partial charge in [0.2, 0.25) is 5.91 Å². The van der Waals surface area contributed by atoms with Crippen LogP contribution in [0.5, 0.6) is 0 Å².